The lowest BCUT2D eigenvalue weighted by Crippen LogP contribution is -2.13. The molecule has 0 amide bonds. The van der Waals surface area contributed by atoms with Crippen molar-refractivity contribution in [3.8, 4) is 5.75 Å². The molecule has 0 spiro atoms. The third kappa shape index (κ3) is 3.48. The Bertz CT molecular complexity index is 381. The van der Waals surface area contributed by atoms with E-state index in [0.717, 1.165) is 0 Å². The van der Waals surface area contributed by atoms with Crippen molar-refractivity contribution >= 4 is 21.9 Å². The lowest BCUT2D eigenvalue weighted by molar-refractivity contribution is -0.136. The summed E-state index contributed by atoms with van der Waals surface area (Å²) in [5.74, 6) is -0.695. The zero-order valence-corrected chi connectivity index (χ0v) is 10.3. The van der Waals surface area contributed by atoms with Crippen LogP contribution in [0.3, 0.4) is 0 Å². The van der Waals surface area contributed by atoms with Gasteiger partial charge in [0, 0.05) is 0 Å². The van der Waals surface area contributed by atoms with Gasteiger partial charge in [0.2, 0.25) is 0 Å². The highest BCUT2D eigenvalue weighted by molar-refractivity contribution is 9.10. The van der Waals surface area contributed by atoms with Gasteiger partial charge in [-0.3, -0.25) is 4.79 Å². The van der Waals surface area contributed by atoms with Crippen LogP contribution in [0.1, 0.15) is 12.0 Å². The SMILES string of the molecule is COc1ccc(F)cc1CCC(Br)C(=O)O. The van der Waals surface area contributed by atoms with Gasteiger partial charge in [0.15, 0.2) is 0 Å². The Morgan fingerprint density at radius 3 is 2.88 bits per heavy atom. The number of halogens is 2. The molecule has 1 N–H and O–H groups in total. The van der Waals surface area contributed by atoms with Crippen molar-refractivity contribution in [2.75, 3.05) is 7.11 Å². The number of carbonyl (C=O) groups is 1. The fourth-order valence-corrected chi connectivity index (χ4v) is 1.58. The minimum Gasteiger partial charge on any atom is -0.496 e. The zero-order valence-electron chi connectivity index (χ0n) is 8.74. The van der Waals surface area contributed by atoms with Gasteiger partial charge in [0.25, 0.3) is 0 Å². The Morgan fingerprint density at radius 2 is 2.31 bits per heavy atom. The van der Waals surface area contributed by atoms with Crippen LogP contribution in [0.4, 0.5) is 4.39 Å². The van der Waals surface area contributed by atoms with E-state index in [1.54, 1.807) is 0 Å². The fourth-order valence-electron chi connectivity index (χ4n) is 1.35. The van der Waals surface area contributed by atoms with E-state index < -0.39 is 10.8 Å². The molecule has 0 heterocycles. The number of aryl methyl sites for hydroxylation is 1. The second-order valence-electron chi connectivity index (χ2n) is 3.30. The minimum atomic E-state index is -0.921. The molecule has 0 aliphatic rings. The van der Waals surface area contributed by atoms with Crippen molar-refractivity contribution in [1.82, 2.24) is 0 Å². The van der Waals surface area contributed by atoms with Crippen LogP contribution < -0.4 is 4.74 Å². The monoisotopic (exact) mass is 290 g/mol. The van der Waals surface area contributed by atoms with E-state index in [2.05, 4.69) is 15.9 Å². The summed E-state index contributed by atoms with van der Waals surface area (Å²) in [6, 6.07) is 4.21. The van der Waals surface area contributed by atoms with Gasteiger partial charge in [0.1, 0.15) is 16.4 Å². The minimum absolute atomic E-state index is 0.350. The van der Waals surface area contributed by atoms with E-state index in [1.165, 1.54) is 25.3 Å². The largest absolute Gasteiger partial charge is 0.496 e. The van der Waals surface area contributed by atoms with Crippen LogP contribution in [0.5, 0.6) is 5.75 Å². The van der Waals surface area contributed by atoms with Gasteiger partial charge in [0.05, 0.1) is 7.11 Å². The molecule has 16 heavy (non-hydrogen) atoms. The number of carboxylic acids is 1. The lowest BCUT2D eigenvalue weighted by Gasteiger charge is -2.09. The zero-order chi connectivity index (χ0) is 12.1. The topological polar surface area (TPSA) is 46.5 Å². The van der Waals surface area contributed by atoms with Crippen molar-refractivity contribution in [3.05, 3.63) is 29.6 Å². The molecule has 1 atom stereocenters. The van der Waals surface area contributed by atoms with E-state index in [9.17, 15) is 9.18 Å². The Morgan fingerprint density at radius 1 is 1.62 bits per heavy atom. The van der Waals surface area contributed by atoms with Crippen molar-refractivity contribution in [2.24, 2.45) is 0 Å². The molecule has 0 saturated carbocycles. The van der Waals surface area contributed by atoms with Crippen molar-refractivity contribution < 1.29 is 19.0 Å². The van der Waals surface area contributed by atoms with Gasteiger partial charge in [-0.1, -0.05) is 15.9 Å². The van der Waals surface area contributed by atoms with Gasteiger partial charge in [-0.05, 0) is 36.6 Å². The van der Waals surface area contributed by atoms with Crippen LogP contribution in [0, 0.1) is 5.82 Å². The van der Waals surface area contributed by atoms with E-state index in [-0.39, 0.29) is 5.82 Å². The summed E-state index contributed by atoms with van der Waals surface area (Å²) in [4.78, 5) is 9.97. The van der Waals surface area contributed by atoms with E-state index in [0.29, 0.717) is 24.2 Å². The summed E-state index contributed by atoms with van der Waals surface area (Å²) in [5.41, 5.74) is 0.674. The normalized spacial score (nSPS) is 12.2. The number of alkyl halides is 1. The Hall–Kier alpha value is -1.10. The van der Waals surface area contributed by atoms with Crippen LogP contribution in [-0.2, 0) is 11.2 Å². The van der Waals surface area contributed by atoms with Crippen LogP contribution in [0.2, 0.25) is 0 Å². The summed E-state index contributed by atoms with van der Waals surface area (Å²) in [5, 5.41) is 8.69. The number of hydrogen-bond donors (Lipinski definition) is 1. The Kier molecular flexibility index (Phi) is 4.73. The molecule has 1 aromatic carbocycles. The maximum absolute atomic E-state index is 13.0. The molecule has 0 aromatic heterocycles. The molecule has 3 nitrogen and oxygen atoms in total. The number of ether oxygens (including phenoxy) is 1. The average Bonchev–Trinajstić information content (AvgIpc) is 2.25. The number of hydrogen-bond acceptors (Lipinski definition) is 2. The van der Waals surface area contributed by atoms with Crippen LogP contribution in [0.25, 0.3) is 0 Å². The second-order valence-corrected chi connectivity index (χ2v) is 4.41. The molecule has 1 aromatic rings. The summed E-state index contributed by atoms with van der Waals surface area (Å²) < 4.78 is 18.0. The second kappa shape index (κ2) is 5.84. The first-order chi connectivity index (χ1) is 7.54. The first-order valence-corrected chi connectivity index (χ1v) is 5.65. The van der Waals surface area contributed by atoms with Crippen LogP contribution in [-0.4, -0.2) is 23.0 Å². The maximum Gasteiger partial charge on any atom is 0.317 e. The highest BCUT2D eigenvalue weighted by Gasteiger charge is 2.14. The molecule has 1 rings (SSSR count). The molecule has 0 bridgehead atoms. The van der Waals surface area contributed by atoms with Crippen molar-refractivity contribution in [3.63, 3.8) is 0 Å². The predicted octanol–water partition coefficient (Wildman–Crippen LogP) is 2.62. The molecule has 0 saturated heterocycles. The Labute approximate surface area is 101 Å². The van der Waals surface area contributed by atoms with Gasteiger partial charge >= 0.3 is 5.97 Å². The summed E-state index contributed by atoms with van der Waals surface area (Å²) in [6.07, 6.45) is 0.832. The molecule has 0 aliphatic heterocycles. The van der Waals surface area contributed by atoms with Crippen molar-refractivity contribution in [1.29, 1.82) is 0 Å². The number of carboxylic acid groups (broad SMARTS) is 1. The quantitative estimate of drug-likeness (QED) is 0.848. The lowest BCUT2D eigenvalue weighted by atomic mass is 10.1. The van der Waals surface area contributed by atoms with Gasteiger partial charge in [-0.2, -0.15) is 0 Å². The molecule has 88 valence electrons. The Balaban J connectivity index is 2.72. The third-order valence-corrected chi connectivity index (χ3v) is 3.03. The first-order valence-electron chi connectivity index (χ1n) is 4.74. The highest BCUT2D eigenvalue weighted by atomic mass is 79.9. The molecular formula is C11H12BrFO3. The number of rotatable bonds is 5. The highest BCUT2D eigenvalue weighted by Crippen LogP contribution is 2.22. The van der Waals surface area contributed by atoms with Gasteiger partial charge in [-0.25, -0.2) is 4.39 Å². The molecule has 0 fully saturated rings. The molecule has 0 radical (unpaired) electrons. The predicted molar refractivity (Wildman–Crippen MR) is 61.6 cm³/mol. The average molecular weight is 291 g/mol. The fraction of sp³-hybridized carbons (Fsp3) is 0.364. The smallest absolute Gasteiger partial charge is 0.317 e. The standard InChI is InChI=1S/C11H12BrFO3/c1-16-10-5-3-8(13)6-7(10)2-4-9(12)11(14)15/h3,5-6,9H,2,4H2,1H3,(H,14,15). The number of aliphatic carboxylic acids is 1. The molecule has 5 heteroatoms. The number of methoxy groups -OCH3 is 1. The third-order valence-electron chi connectivity index (χ3n) is 2.18. The van der Waals surface area contributed by atoms with Crippen molar-refractivity contribution in [2.45, 2.75) is 17.7 Å². The van der Waals surface area contributed by atoms with E-state index in [1.807, 2.05) is 0 Å². The number of benzene rings is 1. The van der Waals surface area contributed by atoms with E-state index >= 15 is 0 Å². The summed E-state index contributed by atoms with van der Waals surface area (Å²) in [7, 11) is 1.50. The van der Waals surface area contributed by atoms with Gasteiger partial charge < -0.3 is 9.84 Å². The van der Waals surface area contributed by atoms with E-state index in [4.69, 9.17) is 9.84 Å². The molecule has 1 unspecified atom stereocenters. The van der Waals surface area contributed by atoms with Crippen LogP contribution in [0.15, 0.2) is 18.2 Å². The first kappa shape index (κ1) is 13.0. The molecular weight excluding hydrogens is 279 g/mol. The maximum atomic E-state index is 13.0. The summed E-state index contributed by atoms with van der Waals surface area (Å²) >= 11 is 3.03. The summed E-state index contributed by atoms with van der Waals surface area (Å²) in [6.45, 7) is 0. The van der Waals surface area contributed by atoms with Gasteiger partial charge in [-0.15, -0.1) is 0 Å². The molecule has 0 aliphatic carbocycles. The van der Waals surface area contributed by atoms with Crippen LogP contribution >= 0.6 is 15.9 Å².